The van der Waals surface area contributed by atoms with Gasteiger partial charge in [0.15, 0.2) is 0 Å². The zero-order chi connectivity index (χ0) is 13.2. The van der Waals surface area contributed by atoms with Crippen molar-refractivity contribution in [1.82, 2.24) is 9.78 Å². The number of aromatic nitrogens is 2. The van der Waals surface area contributed by atoms with Gasteiger partial charge >= 0.3 is 0 Å². The zero-order valence-electron chi connectivity index (χ0n) is 10.4. The predicted molar refractivity (Wildman–Crippen MR) is 73.7 cm³/mol. The molecule has 1 aromatic rings. The minimum Gasteiger partial charge on any atom is -0.388 e. The van der Waals surface area contributed by atoms with Crippen molar-refractivity contribution in [2.45, 2.75) is 37.7 Å². The first kappa shape index (κ1) is 13.5. The second-order valence-corrected chi connectivity index (χ2v) is 5.73. The summed E-state index contributed by atoms with van der Waals surface area (Å²) in [7, 11) is 1.60. The fourth-order valence-electron chi connectivity index (χ4n) is 2.28. The quantitative estimate of drug-likeness (QED) is 0.890. The third-order valence-electron chi connectivity index (χ3n) is 3.47. The molecule has 0 aromatic carbocycles. The SMILES string of the molecule is Cn1ncc(NCC2(O)CCCCC2)c(Br)c1=O. The maximum atomic E-state index is 11.7. The molecule has 0 unspecified atom stereocenters. The standard InChI is InChI=1S/C12H18BrN3O2/c1-16-11(17)10(13)9(7-15-16)14-8-12(18)5-3-2-4-6-12/h7,14,18H,2-6,8H2,1H3. The van der Waals surface area contributed by atoms with Crippen molar-refractivity contribution in [2.24, 2.45) is 7.05 Å². The number of hydrogen-bond acceptors (Lipinski definition) is 4. The molecular weight excluding hydrogens is 298 g/mol. The monoisotopic (exact) mass is 315 g/mol. The zero-order valence-corrected chi connectivity index (χ0v) is 12.0. The normalized spacial score (nSPS) is 18.6. The van der Waals surface area contributed by atoms with Crippen molar-refractivity contribution in [1.29, 1.82) is 0 Å². The van der Waals surface area contributed by atoms with E-state index >= 15 is 0 Å². The van der Waals surface area contributed by atoms with Gasteiger partial charge in [0.25, 0.3) is 5.56 Å². The van der Waals surface area contributed by atoms with E-state index in [0.29, 0.717) is 16.7 Å². The molecular formula is C12H18BrN3O2. The van der Waals surface area contributed by atoms with Gasteiger partial charge in [-0.2, -0.15) is 5.10 Å². The Morgan fingerprint density at radius 1 is 1.50 bits per heavy atom. The van der Waals surface area contributed by atoms with Crippen molar-refractivity contribution < 1.29 is 5.11 Å². The molecule has 18 heavy (non-hydrogen) atoms. The molecule has 100 valence electrons. The van der Waals surface area contributed by atoms with Crippen LogP contribution < -0.4 is 10.9 Å². The highest BCUT2D eigenvalue weighted by molar-refractivity contribution is 9.10. The van der Waals surface area contributed by atoms with Gasteiger partial charge in [0.05, 0.1) is 17.5 Å². The maximum Gasteiger partial charge on any atom is 0.282 e. The summed E-state index contributed by atoms with van der Waals surface area (Å²) in [6.07, 6.45) is 6.55. The first-order valence-electron chi connectivity index (χ1n) is 6.20. The molecule has 1 fully saturated rings. The Bertz CT molecular complexity index is 481. The lowest BCUT2D eigenvalue weighted by Gasteiger charge is -2.32. The molecule has 1 aliphatic carbocycles. The Morgan fingerprint density at radius 2 is 2.17 bits per heavy atom. The first-order chi connectivity index (χ1) is 8.52. The van der Waals surface area contributed by atoms with E-state index in [4.69, 9.17) is 0 Å². The molecule has 0 amide bonds. The van der Waals surface area contributed by atoms with Crippen LogP contribution in [-0.2, 0) is 7.05 Å². The van der Waals surface area contributed by atoms with Crippen molar-refractivity contribution >= 4 is 21.6 Å². The summed E-state index contributed by atoms with van der Waals surface area (Å²) in [5.41, 5.74) is -0.202. The highest BCUT2D eigenvalue weighted by Crippen LogP contribution is 2.28. The summed E-state index contributed by atoms with van der Waals surface area (Å²) in [5.74, 6) is 0. The van der Waals surface area contributed by atoms with E-state index in [9.17, 15) is 9.90 Å². The van der Waals surface area contributed by atoms with Gasteiger partial charge in [-0.25, -0.2) is 4.68 Å². The van der Waals surface area contributed by atoms with Crippen molar-refractivity contribution in [2.75, 3.05) is 11.9 Å². The van der Waals surface area contributed by atoms with E-state index in [1.165, 1.54) is 11.1 Å². The molecule has 0 saturated heterocycles. The molecule has 0 atom stereocenters. The number of rotatable bonds is 3. The molecule has 1 aliphatic rings. The summed E-state index contributed by atoms with van der Waals surface area (Å²) in [6, 6.07) is 0. The van der Waals surface area contributed by atoms with Gasteiger partial charge in [-0.05, 0) is 28.8 Å². The number of nitrogens with one attached hydrogen (secondary N) is 1. The fourth-order valence-corrected chi connectivity index (χ4v) is 2.78. The van der Waals surface area contributed by atoms with Crippen LogP contribution in [0.4, 0.5) is 5.69 Å². The lowest BCUT2D eigenvalue weighted by atomic mass is 9.85. The van der Waals surface area contributed by atoms with E-state index in [1.54, 1.807) is 13.2 Å². The van der Waals surface area contributed by atoms with Crippen LogP contribution in [0.3, 0.4) is 0 Å². The van der Waals surface area contributed by atoms with Gasteiger partial charge in [0.2, 0.25) is 0 Å². The number of anilines is 1. The summed E-state index contributed by atoms with van der Waals surface area (Å²) < 4.78 is 1.73. The van der Waals surface area contributed by atoms with Crippen LogP contribution in [0, 0.1) is 0 Å². The van der Waals surface area contributed by atoms with Gasteiger partial charge in [-0.3, -0.25) is 4.79 Å². The Labute approximate surface area is 114 Å². The number of aryl methyl sites for hydroxylation is 1. The third-order valence-corrected chi connectivity index (χ3v) is 4.24. The Kier molecular flexibility index (Phi) is 4.07. The molecule has 2 N–H and O–H groups in total. The van der Waals surface area contributed by atoms with Gasteiger partial charge in [0, 0.05) is 13.6 Å². The molecule has 1 aromatic heterocycles. The smallest absolute Gasteiger partial charge is 0.282 e. The van der Waals surface area contributed by atoms with Crippen LogP contribution in [0.2, 0.25) is 0 Å². The van der Waals surface area contributed by atoms with Crippen LogP contribution in [-0.4, -0.2) is 27.0 Å². The van der Waals surface area contributed by atoms with Gasteiger partial charge in [0.1, 0.15) is 4.47 Å². The van der Waals surface area contributed by atoms with Crippen LogP contribution in [0.25, 0.3) is 0 Å². The molecule has 1 heterocycles. The number of hydrogen-bond donors (Lipinski definition) is 2. The molecule has 2 rings (SSSR count). The summed E-state index contributed by atoms with van der Waals surface area (Å²) in [5, 5.41) is 17.4. The number of nitrogens with zero attached hydrogens (tertiary/aromatic N) is 2. The molecule has 6 heteroatoms. The topological polar surface area (TPSA) is 67.2 Å². The molecule has 1 saturated carbocycles. The van der Waals surface area contributed by atoms with Crippen LogP contribution in [0.15, 0.2) is 15.5 Å². The molecule has 0 radical (unpaired) electrons. The van der Waals surface area contributed by atoms with E-state index in [0.717, 1.165) is 25.7 Å². The molecule has 0 spiro atoms. The van der Waals surface area contributed by atoms with Crippen molar-refractivity contribution in [3.8, 4) is 0 Å². The second kappa shape index (κ2) is 5.40. The van der Waals surface area contributed by atoms with Crippen molar-refractivity contribution in [3.63, 3.8) is 0 Å². The lowest BCUT2D eigenvalue weighted by Crippen LogP contribution is -2.39. The Hall–Kier alpha value is -0.880. The molecule has 0 bridgehead atoms. The van der Waals surface area contributed by atoms with Crippen molar-refractivity contribution in [3.05, 3.63) is 21.0 Å². The average Bonchev–Trinajstić information content (AvgIpc) is 2.36. The first-order valence-corrected chi connectivity index (χ1v) is 6.99. The van der Waals surface area contributed by atoms with Gasteiger partial charge in [-0.15, -0.1) is 0 Å². The highest BCUT2D eigenvalue weighted by atomic mass is 79.9. The Balaban J connectivity index is 2.06. The number of halogens is 1. The van der Waals surface area contributed by atoms with Gasteiger partial charge < -0.3 is 10.4 Å². The van der Waals surface area contributed by atoms with Crippen LogP contribution in [0.1, 0.15) is 32.1 Å². The largest absolute Gasteiger partial charge is 0.388 e. The second-order valence-electron chi connectivity index (χ2n) is 4.94. The summed E-state index contributed by atoms with van der Waals surface area (Å²) >= 11 is 3.26. The van der Waals surface area contributed by atoms with E-state index in [-0.39, 0.29) is 5.56 Å². The third kappa shape index (κ3) is 2.92. The van der Waals surface area contributed by atoms with E-state index < -0.39 is 5.60 Å². The molecule has 0 aliphatic heterocycles. The average molecular weight is 316 g/mol. The predicted octanol–water partition coefficient (Wildman–Crippen LogP) is 1.65. The highest BCUT2D eigenvalue weighted by Gasteiger charge is 2.29. The van der Waals surface area contributed by atoms with Gasteiger partial charge in [-0.1, -0.05) is 19.3 Å². The lowest BCUT2D eigenvalue weighted by molar-refractivity contribution is 0.0167. The fraction of sp³-hybridized carbons (Fsp3) is 0.667. The van der Waals surface area contributed by atoms with E-state index in [1.807, 2.05) is 0 Å². The van der Waals surface area contributed by atoms with Crippen LogP contribution >= 0.6 is 15.9 Å². The number of aliphatic hydroxyl groups is 1. The minimum absolute atomic E-state index is 0.185. The molecule has 5 nitrogen and oxygen atoms in total. The van der Waals surface area contributed by atoms with Crippen LogP contribution in [0.5, 0.6) is 0 Å². The van der Waals surface area contributed by atoms with E-state index in [2.05, 4.69) is 26.3 Å². The summed E-state index contributed by atoms with van der Waals surface area (Å²) in [4.78, 5) is 11.7. The minimum atomic E-state index is -0.654. The Morgan fingerprint density at radius 3 is 2.83 bits per heavy atom. The maximum absolute atomic E-state index is 11.7. The summed E-state index contributed by atoms with van der Waals surface area (Å²) in [6.45, 7) is 0.459.